The van der Waals surface area contributed by atoms with Gasteiger partial charge in [0.05, 0.1) is 12.8 Å². The highest BCUT2D eigenvalue weighted by molar-refractivity contribution is 5.59. The van der Waals surface area contributed by atoms with Crippen LogP contribution in [-0.4, -0.2) is 32.3 Å². The van der Waals surface area contributed by atoms with Crippen molar-refractivity contribution in [3.63, 3.8) is 0 Å². The van der Waals surface area contributed by atoms with Gasteiger partial charge < -0.3 is 15.0 Å². The van der Waals surface area contributed by atoms with E-state index in [4.69, 9.17) is 4.74 Å². The average Bonchev–Trinajstić information content (AvgIpc) is 2.38. The Bertz CT molecular complexity index is 470. The van der Waals surface area contributed by atoms with Gasteiger partial charge >= 0.3 is 0 Å². The van der Waals surface area contributed by atoms with Crippen molar-refractivity contribution in [3.05, 3.63) is 24.0 Å². The molecule has 1 aliphatic rings. The molecule has 4 heteroatoms. The molecule has 1 aliphatic heterocycles. The summed E-state index contributed by atoms with van der Waals surface area (Å²) >= 11 is 0. The van der Waals surface area contributed by atoms with Crippen molar-refractivity contribution in [2.75, 3.05) is 25.1 Å². The lowest BCUT2D eigenvalue weighted by molar-refractivity contribution is 0.238. The van der Waals surface area contributed by atoms with E-state index < -0.39 is 0 Å². The zero-order valence-corrected chi connectivity index (χ0v) is 13.0. The molecule has 20 heavy (non-hydrogen) atoms. The molecule has 3 nitrogen and oxygen atoms in total. The molecule has 2 rings (SSSR count). The van der Waals surface area contributed by atoms with Crippen LogP contribution >= 0.6 is 0 Å². The Labute approximate surface area is 121 Å². The molecule has 2 atom stereocenters. The second kappa shape index (κ2) is 5.60. The zero-order chi connectivity index (χ0) is 14.9. The fourth-order valence-corrected chi connectivity index (χ4v) is 2.67. The maximum Gasteiger partial charge on any atom is 0.145 e. The van der Waals surface area contributed by atoms with Crippen molar-refractivity contribution in [2.24, 2.45) is 5.41 Å². The monoisotopic (exact) mass is 280 g/mol. The highest BCUT2D eigenvalue weighted by Gasteiger charge is 2.33. The molecule has 1 fully saturated rings. The van der Waals surface area contributed by atoms with Crippen LogP contribution < -0.4 is 15.0 Å². The lowest BCUT2D eigenvalue weighted by Crippen LogP contribution is -2.59. The van der Waals surface area contributed by atoms with Gasteiger partial charge in [-0.25, -0.2) is 4.39 Å². The van der Waals surface area contributed by atoms with E-state index in [-0.39, 0.29) is 11.2 Å². The molecule has 1 aromatic rings. The van der Waals surface area contributed by atoms with Crippen molar-refractivity contribution in [1.82, 2.24) is 5.32 Å². The quantitative estimate of drug-likeness (QED) is 0.901. The van der Waals surface area contributed by atoms with Crippen molar-refractivity contribution < 1.29 is 9.13 Å². The first kappa shape index (κ1) is 15.1. The van der Waals surface area contributed by atoms with Gasteiger partial charge in [-0.2, -0.15) is 0 Å². The molecule has 1 aromatic carbocycles. The SMILES string of the molecule is COc1cc(F)ccc1N1CC(C(C)(C)C)NCC1C. The van der Waals surface area contributed by atoms with Crippen molar-refractivity contribution in [2.45, 2.75) is 39.8 Å². The van der Waals surface area contributed by atoms with Crippen molar-refractivity contribution >= 4 is 5.69 Å². The fraction of sp³-hybridized carbons (Fsp3) is 0.625. The van der Waals surface area contributed by atoms with Gasteiger partial charge in [0, 0.05) is 31.2 Å². The Morgan fingerprint density at radius 3 is 2.65 bits per heavy atom. The number of rotatable bonds is 2. The number of benzene rings is 1. The normalized spacial score (nSPS) is 23.8. The van der Waals surface area contributed by atoms with Gasteiger partial charge in [0.25, 0.3) is 0 Å². The average molecular weight is 280 g/mol. The summed E-state index contributed by atoms with van der Waals surface area (Å²) < 4.78 is 18.7. The molecule has 1 heterocycles. The summed E-state index contributed by atoms with van der Waals surface area (Å²) in [5, 5.41) is 3.60. The number of ether oxygens (including phenoxy) is 1. The van der Waals surface area contributed by atoms with Crippen LogP contribution in [0.5, 0.6) is 5.75 Å². The minimum absolute atomic E-state index is 0.186. The van der Waals surface area contributed by atoms with Gasteiger partial charge in [0.1, 0.15) is 11.6 Å². The Morgan fingerprint density at radius 2 is 2.05 bits per heavy atom. The van der Waals surface area contributed by atoms with E-state index in [1.54, 1.807) is 7.11 Å². The standard InChI is InChI=1S/C16H25FN2O/c1-11-9-18-15(16(2,3)4)10-19(11)13-7-6-12(17)8-14(13)20-5/h6-8,11,15,18H,9-10H2,1-5H3. The second-order valence-electron chi connectivity index (χ2n) is 6.64. The number of hydrogen-bond acceptors (Lipinski definition) is 3. The highest BCUT2D eigenvalue weighted by Crippen LogP contribution is 2.33. The van der Waals surface area contributed by atoms with Crippen LogP contribution in [0.3, 0.4) is 0 Å². The minimum Gasteiger partial charge on any atom is -0.494 e. The van der Waals surface area contributed by atoms with Crippen LogP contribution in [0, 0.1) is 11.2 Å². The molecule has 1 N–H and O–H groups in total. The number of halogens is 1. The summed E-state index contributed by atoms with van der Waals surface area (Å²) in [7, 11) is 1.59. The molecular formula is C16H25FN2O. The summed E-state index contributed by atoms with van der Waals surface area (Å²) in [6, 6.07) is 5.52. The van der Waals surface area contributed by atoms with E-state index in [0.29, 0.717) is 17.8 Å². The maximum atomic E-state index is 13.4. The van der Waals surface area contributed by atoms with Crippen LogP contribution in [-0.2, 0) is 0 Å². The number of piperazine rings is 1. The van der Waals surface area contributed by atoms with Crippen molar-refractivity contribution in [3.8, 4) is 5.75 Å². The van der Waals surface area contributed by atoms with Gasteiger partial charge in [0.2, 0.25) is 0 Å². The smallest absolute Gasteiger partial charge is 0.145 e. The summed E-state index contributed by atoms with van der Waals surface area (Å²) in [6.45, 7) is 10.7. The predicted octanol–water partition coefficient (Wildman–Crippen LogP) is 3.05. The lowest BCUT2D eigenvalue weighted by Gasteiger charge is -2.45. The molecule has 0 spiro atoms. The number of methoxy groups -OCH3 is 1. The second-order valence-corrected chi connectivity index (χ2v) is 6.64. The van der Waals surface area contributed by atoms with Gasteiger partial charge in [-0.05, 0) is 24.5 Å². The van der Waals surface area contributed by atoms with Crippen LogP contribution in [0.15, 0.2) is 18.2 Å². The first-order valence-electron chi connectivity index (χ1n) is 7.16. The Hall–Kier alpha value is -1.29. The maximum absolute atomic E-state index is 13.4. The number of nitrogens with zero attached hydrogens (tertiary/aromatic N) is 1. The molecule has 112 valence electrons. The van der Waals surface area contributed by atoms with E-state index in [2.05, 4.69) is 37.9 Å². The van der Waals surface area contributed by atoms with E-state index >= 15 is 0 Å². The Balaban J connectivity index is 2.30. The fourth-order valence-electron chi connectivity index (χ4n) is 2.67. The number of hydrogen-bond donors (Lipinski definition) is 1. The zero-order valence-electron chi connectivity index (χ0n) is 13.0. The molecule has 0 amide bonds. The van der Waals surface area contributed by atoms with Gasteiger partial charge in [-0.3, -0.25) is 0 Å². The van der Waals surface area contributed by atoms with Gasteiger partial charge in [-0.15, -0.1) is 0 Å². The third-order valence-electron chi connectivity index (χ3n) is 4.07. The summed E-state index contributed by atoms with van der Waals surface area (Å²) in [5.41, 5.74) is 1.16. The Kier molecular flexibility index (Phi) is 4.23. The third kappa shape index (κ3) is 3.06. The first-order valence-corrected chi connectivity index (χ1v) is 7.16. The van der Waals surface area contributed by atoms with Crippen molar-refractivity contribution in [1.29, 1.82) is 0 Å². The molecule has 0 aliphatic carbocycles. The summed E-state index contributed by atoms with van der Waals surface area (Å²) in [6.07, 6.45) is 0. The van der Waals surface area contributed by atoms with Crippen LogP contribution in [0.2, 0.25) is 0 Å². The van der Waals surface area contributed by atoms with E-state index in [9.17, 15) is 4.39 Å². The predicted molar refractivity (Wildman–Crippen MR) is 81.0 cm³/mol. The molecule has 0 saturated carbocycles. The summed E-state index contributed by atoms with van der Waals surface area (Å²) in [5.74, 6) is 0.340. The number of nitrogens with one attached hydrogen (secondary N) is 1. The first-order chi connectivity index (χ1) is 9.32. The van der Waals surface area contributed by atoms with Crippen LogP contribution in [0.25, 0.3) is 0 Å². The van der Waals surface area contributed by atoms with E-state index in [1.807, 2.05) is 6.07 Å². The third-order valence-corrected chi connectivity index (χ3v) is 4.07. The van der Waals surface area contributed by atoms with E-state index in [1.165, 1.54) is 12.1 Å². The topological polar surface area (TPSA) is 24.5 Å². The summed E-state index contributed by atoms with van der Waals surface area (Å²) in [4.78, 5) is 2.31. The van der Waals surface area contributed by atoms with Gasteiger partial charge in [0.15, 0.2) is 0 Å². The molecule has 0 radical (unpaired) electrons. The molecule has 1 saturated heterocycles. The van der Waals surface area contributed by atoms with Gasteiger partial charge in [-0.1, -0.05) is 20.8 Å². The lowest BCUT2D eigenvalue weighted by atomic mass is 9.84. The van der Waals surface area contributed by atoms with E-state index in [0.717, 1.165) is 18.8 Å². The molecule has 2 unspecified atom stereocenters. The molecule has 0 bridgehead atoms. The molecular weight excluding hydrogens is 255 g/mol. The minimum atomic E-state index is -0.263. The Morgan fingerprint density at radius 1 is 1.35 bits per heavy atom. The number of anilines is 1. The highest BCUT2D eigenvalue weighted by atomic mass is 19.1. The molecule has 0 aromatic heterocycles. The van der Waals surface area contributed by atoms with Crippen LogP contribution in [0.4, 0.5) is 10.1 Å². The largest absolute Gasteiger partial charge is 0.494 e. The van der Waals surface area contributed by atoms with Crippen LogP contribution in [0.1, 0.15) is 27.7 Å².